The molecule has 2 aliphatic rings. The lowest BCUT2D eigenvalue weighted by molar-refractivity contribution is -0.142. The zero-order valence-corrected chi connectivity index (χ0v) is 12.8. The summed E-state index contributed by atoms with van der Waals surface area (Å²) in [5.74, 6) is -0.569. The van der Waals surface area contributed by atoms with E-state index >= 15 is 0 Å². The minimum atomic E-state index is -3.65. The highest BCUT2D eigenvalue weighted by Gasteiger charge is 2.41. The van der Waals surface area contributed by atoms with Gasteiger partial charge in [0, 0.05) is 19.6 Å². The van der Waals surface area contributed by atoms with Crippen LogP contribution in [0.25, 0.3) is 0 Å². The Balaban J connectivity index is 2.17. The number of nitrogens with zero attached hydrogens (tertiary/aromatic N) is 2. The van der Waals surface area contributed by atoms with E-state index in [9.17, 15) is 18.3 Å². The third-order valence-electron chi connectivity index (χ3n) is 3.99. The standard InChI is InChI=1S/C13H24N2O4S/c1-2-8-14(10-11-6-7-11)20(18,19)15-9-4-3-5-12(15)13(16)17/h11-12H,2-10H2,1H3,(H,16,17). The van der Waals surface area contributed by atoms with Crippen molar-refractivity contribution in [2.24, 2.45) is 5.92 Å². The van der Waals surface area contributed by atoms with Gasteiger partial charge in [-0.25, -0.2) is 0 Å². The molecule has 1 saturated carbocycles. The molecular formula is C13H24N2O4S. The monoisotopic (exact) mass is 304 g/mol. The van der Waals surface area contributed by atoms with Crippen LogP contribution in [0.2, 0.25) is 0 Å². The molecular weight excluding hydrogens is 280 g/mol. The molecule has 1 N–H and O–H groups in total. The fourth-order valence-corrected chi connectivity index (χ4v) is 4.70. The number of rotatable bonds is 7. The van der Waals surface area contributed by atoms with Crippen LogP contribution in [0.15, 0.2) is 0 Å². The maximum atomic E-state index is 12.7. The lowest BCUT2D eigenvalue weighted by Gasteiger charge is -2.36. The summed E-state index contributed by atoms with van der Waals surface area (Å²) in [7, 11) is -3.65. The maximum Gasteiger partial charge on any atom is 0.322 e. The molecule has 0 bridgehead atoms. The average Bonchev–Trinajstić information content (AvgIpc) is 3.22. The van der Waals surface area contributed by atoms with Crippen molar-refractivity contribution >= 4 is 16.2 Å². The molecule has 116 valence electrons. The number of aliphatic carboxylic acids is 1. The van der Waals surface area contributed by atoms with E-state index in [0.29, 0.717) is 32.0 Å². The minimum Gasteiger partial charge on any atom is -0.480 e. The second-order valence-corrected chi connectivity index (χ2v) is 7.65. The molecule has 6 nitrogen and oxygen atoms in total. The van der Waals surface area contributed by atoms with E-state index in [0.717, 1.165) is 32.1 Å². The Kier molecular flexibility index (Phi) is 5.04. The van der Waals surface area contributed by atoms with Crippen LogP contribution in [-0.4, -0.2) is 53.8 Å². The quantitative estimate of drug-likeness (QED) is 0.769. The fraction of sp³-hybridized carbons (Fsp3) is 0.923. The molecule has 0 amide bonds. The maximum absolute atomic E-state index is 12.7. The Morgan fingerprint density at radius 1 is 1.30 bits per heavy atom. The van der Waals surface area contributed by atoms with Crippen molar-refractivity contribution in [2.75, 3.05) is 19.6 Å². The summed E-state index contributed by atoms with van der Waals surface area (Å²) < 4.78 is 28.2. The van der Waals surface area contributed by atoms with Crippen molar-refractivity contribution in [1.29, 1.82) is 0 Å². The third kappa shape index (κ3) is 3.51. The first-order chi connectivity index (χ1) is 9.46. The van der Waals surface area contributed by atoms with Gasteiger partial charge in [-0.05, 0) is 44.4 Å². The van der Waals surface area contributed by atoms with Gasteiger partial charge < -0.3 is 5.11 Å². The molecule has 1 heterocycles. The molecule has 2 fully saturated rings. The molecule has 20 heavy (non-hydrogen) atoms. The lowest BCUT2D eigenvalue weighted by atomic mass is 10.1. The molecule has 7 heteroatoms. The van der Waals surface area contributed by atoms with Crippen molar-refractivity contribution < 1.29 is 18.3 Å². The van der Waals surface area contributed by atoms with Crippen LogP contribution in [0, 0.1) is 5.92 Å². The Labute approximate surface area is 120 Å². The second kappa shape index (κ2) is 6.41. The van der Waals surface area contributed by atoms with Gasteiger partial charge in [0.25, 0.3) is 10.2 Å². The summed E-state index contributed by atoms with van der Waals surface area (Å²) in [6.07, 6.45) is 4.84. The van der Waals surface area contributed by atoms with Crippen LogP contribution in [-0.2, 0) is 15.0 Å². The number of carboxylic acid groups (broad SMARTS) is 1. The van der Waals surface area contributed by atoms with Crippen molar-refractivity contribution in [3.05, 3.63) is 0 Å². The lowest BCUT2D eigenvalue weighted by Crippen LogP contribution is -2.53. The molecule has 2 rings (SSSR count). The van der Waals surface area contributed by atoms with E-state index < -0.39 is 22.2 Å². The van der Waals surface area contributed by atoms with Crippen LogP contribution in [0.5, 0.6) is 0 Å². The second-order valence-electron chi connectivity index (χ2n) is 5.77. The zero-order valence-electron chi connectivity index (χ0n) is 12.0. The number of piperidine rings is 1. The van der Waals surface area contributed by atoms with E-state index in [4.69, 9.17) is 0 Å². The molecule has 1 aliphatic carbocycles. The van der Waals surface area contributed by atoms with Gasteiger partial charge in [-0.1, -0.05) is 6.92 Å². The molecule has 0 aromatic rings. The minimum absolute atomic E-state index is 0.324. The predicted molar refractivity (Wildman–Crippen MR) is 75.5 cm³/mol. The summed E-state index contributed by atoms with van der Waals surface area (Å²) in [6.45, 7) is 3.28. The first kappa shape index (κ1) is 15.7. The summed E-state index contributed by atoms with van der Waals surface area (Å²) in [5.41, 5.74) is 0. The molecule has 0 aromatic carbocycles. The smallest absolute Gasteiger partial charge is 0.322 e. The van der Waals surface area contributed by atoms with Crippen LogP contribution in [0.1, 0.15) is 45.4 Å². The molecule has 0 radical (unpaired) electrons. The van der Waals surface area contributed by atoms with Gasteiger partial charge in [0.05, 0.1) is 0 Å². The normalized spacial score (nSPS) is 25.0. The number of hydrogen-bond donors (Lipinski definition) is 1. The highest BCUT2D eigenvalue weighted by Crippen LogP contribution is 2.32. The van der Waals surface area contributed by atoms with Gasteiger partial charge in [0.15, 0.2) is 0 Å². The van der Waals surface area contributed by atoms with Crippen molar-refractivity contribution in [3.8, 4) is 0 Å². The Bertz CT molecular complexity index is 447. The highest BCUT2D eigenvalue weighted by molar-refractivity contribution is 7.86. The molecule has 1 saturated heterocycles. The molecule has 0 aromatic heterocycles. The summed E-state index contributed by atoms with van der Waals surface area (Å²) in [4.78, 5) is 11.3. The Hall–Kier alpha value is -0.660. The van der Waals surface area contributed by atoms with E-state index in [2.05, 4.69) is 0 Å². The Morgan fingerprint density at radius 3 is 2.55 bits per heavy atom. The van der Waals surface area contributed by atoms with E-state index in [1.807, 2.05) is 6.92 Å². The van der Waals surface area contributed by atoms with Gasteiger partial charge in [0.1, 0.15) is 6.04 Å². The first-order valence-electron chi connectivity index (χ1n) is 7.46. The molecule has 1 atom stereocenters. The van der Waals surface area contributed by atoms with Gasteiger partial charge in [-0.2, -0.15) is 17.0 Å². The highest BCUT2D eigenvalue weighted by atomic mass is 32.2. The number of carboxylic acids is 1. The third-order valence-corrected chi connectivity index (χ3v) is 6.01. The molecule has 1 unspecified atom stereocenters. The van der Waals surface area contributed by atoms with Crippen molar-refractivity contribution in [1.82, 2.24) is 8.61 Å². The predicted octanol–water partition coefficient (Wildman–Crippen LogP) is 1.29. The topological polar surface area (TPSA) is 77.9 Å². The summed E-state index contributed by atoms with van der Waals surface area (Å²) in [5, 5.41) is 9.25. The largest absolute Gasteiger partial charge is 0.480 e. The van der Waals surface area contributed by atoms with Crippen molar-refractivity contribution in [3.63, 3.8) is 0 Å². The SMILES string of the molecule is CCCN(CC1CC1)S(=O)(=O)N1CCCCC1C(=O)O. The van der Waals surface area contributed by atoms with Gasteiger partial charge in [-0.3, -0.25) is 4.79 Å². The van der Waals surface area contributed by atoms with E-state index in [-0.39, 0.29) is 0 Å². The van der Waals surface area contributed by atoms with E-state index in [1.54, 1.807) is 0 Å². The summed E-state index contributed by atoms with van der Waals surface area (Å²) in [6, 6.07) is -0.896. The summed E-state index contributed by atoms with van der Waals surface area (Å²) >= 11 is 0. The molecule has 1 aliphatic heterocycles. The van der Waals surface area contributed by atoms with Gasteiger partial charge in [0.2, 0.25) is 0 Å². The fourth-order valence-electron chi connectivity index (χ4n) is 2.71. The number of carbonyl (C=O) groups is 1. The van der Waals surface area contributed by atoms with Crippen LogP contribution < -0.4 is 0 Å². The molecule has 0 spiro atoms. The van der Waals surface area contributed by atoms with Gasteiger partial charge >= 0.3 is 5.97 Å². The van der Waals surface area contributed by atoms with Crippen LogP contribution in [0.4, 0.5) is 0 Å². The van der Waals surface area contributed by atoms with Crippen LogP contribution >= 0.6 is 0 Å². The average molecular weight is 304 g/mol. The van der Waals surface area contributed by atoms with Crippen LogP contribution in [0.3, 0.4) is 0 Å². The zero-order chi connectivity index (χ0) is 14.8. The van der Waals surface area contributed by atoms with Crippen molar-refractivity contribution in [2.45, 2.75) is 51.5 Å². The van der Waals surface area contributed by atoms with Gasteiger partial charge in [-0.15, -0.1) is 0 Å². The van der Waals surface area contributed by atoms with E-state index in [1.165, 1.54) is 8.61 Å². The first-order valence-corrected chi connectivity index (χ1v) is 8.86. The number of hydrogen-bond acceptors (Lipinski definition) is 3. The Morgan fingerprint density at radius 2 is 2.00 bits per heavy atom.